The number of aryl methyl sites for hydroxylation is 1. The number of nitrogens with zero attached hydrogens (tertiary/aromatic N) is 3. The molecule has 9 heteroatoms. The van der Waals surface area contributed by atoms with Crippen molar-refractivity contribution in [1.29, 1.82) is 0 Å². The number of fused-ring (bicyclic) bond motifs is 1. The van der Waals surface area contributed by atoms with Crippen LogP contribution in [0, 0.1) is 6.92 Å². The van der Waals surface area contributed by atoms with Crippen LogP contribution in [0.5, 0.6) is 11.5 Å². The van der Waals surface area contributed by atoms with Gasteiger partial charge in [-0.3, -0.25) is 0 Å². The van der Waals surface area contributed by atoms with E-state index in [2.05, 4.69) is 9.50 Å². The predicted molar refractivity (Wildman–Crippen MR) is 101 cm³/mol. The number of aliphatic hydroxyl groups is 1. The van der Waals surface area contributed by atoms with Crippen LogP contribution in [0.1, 0.15) is 16.7 Å². The fourth-order valence-corrected chi connectivity index (χ4v) is 3.85. The van der Waals surface area contributed by atoms with Crippen molar-refractivity contribution in [3.8, 4) is 11.5 Å². The summed E-state index contributed by atoms with van der Waals surface area (Å²) in [6.07, 6.45) is 1.47. The number of hydrogen-bond acceptors (Lipinski definition) is 7. The molecule has 0 amide bonds. The molecule has 0 aliphatic carbocycles. The number of benzene rings is 2. The molecule has 2 aromatic rings. The quantitative estimate of drug-likeness (QED) is 0.592. The van der Waals surface area contributed by atoms with E-state index in [-0.39, 0.29) is 35.4 Å². The zero-order chi connectivity index (χ0) is 19.6. The van der Waals surface area contributed by atoms with Crippen molar-refractivity contribution in [2.45, 2.75) is 11.8 Å². The molecule has 1 aliphatic rings. The van der Waals surface area contributed by atoms with Gasteiger partial charge in [-0.1, -0.05) is 11.6 Å². The summed E-state index contributed by atoms with van der Waals surface area (Å²) in [5.74, 6) is 0.441. The third-order valence-corrected chi connectivity index (χ3v) is 5.29. The van der Waals surface area contributed by atoms with Crippen LogP contribution in [-0.4, -0.2) is 56.0 Å². The van der Waals surface area contributed by atoms with Gasteiger partial charge in [0.05, 0.1) is 26.5 Å². The Hall–Kier alpha value is -2.91. The van der Waals surface area contributed by atoms with Gasteiger partial charge in [0.25, 0.3) is 10.0 Å². The van der Waals surface area contributed by atoms with Gasteiger partial charge < -0.3 is 14.9 Å². The van der Waals surface area contributed by atoms with Gasteiger partial charge in [0.2, 0.25) is 0 Å². The topological polar surface area (TPSA) is 112 Å². The molecule has 1 heterocycles. The van der Waals surface area contributed by atoms with E-state index in [4.69, 9.17) is 4.74 Å². The lowest BCUT2D eigenvalue weighted by Gasteiger charge is -2.17. The van der Waals surface area contributed by atoms with Crippen molar-refractivity contribution in [2.75, 3.05) is 20.3 Å². The van der Waals surface area contributed by atoms with Crippen LogP contribution in [0.3, 0.4) is 0 Å². The summed E-state index contributed by atoms with van der Waals surface area (Å²) >= 11 is 0. The first-order chi connectivity index (χ1) is 12.9. The van der Waals surface area contributed by atoms with Gasteiger partial charge in [-0.25, -0.2) is 5.01 Å². The molecule has 0 unspecified atom stereocenters. The summed E-state index contributed by atoms with van der Waals surface area (Å²) in [6, 6.07) is 9.62. The number of rotatable bonds is 5. The largest absolute Gasteiger partial charge is 0.504 e. The molecule has 0 aromatic heterocycles. The second-order valence-corrected chi connectivity index (χ2v) is 7.48. The molecule has 3 rings (SSSR count). The molecule has 2 aromatic carbocycles. The number of phenols is 1. The zero-order valence-corrected chi connectivity index (χ0v) is 15.6. The van der Waals surface area contributed by atoms with Crippen molar-refractivity contribution in [3.63, 3.8) is 0 Å². The molecule has 0 atom stereocenters. The first-order valence-corrected chi connectivity index (χ1v) is 9.55. The van der Waals surface area contributed by atoms with E-state index < -0.39 is 10.0 Å². The van der Waals surface area contributed by atoms with Gasteiger partial charge >= 0.3 is 0 Å². The van der Waals surface area contributed by atoms with Gasteiger partial charge in [0.15, 0.2) is 17.3 Å². The summed E-state index contributed by atoms with van der Waals surface area (Å²) in [5.41, 5.74) is 1.96. The van der Waals surface area contributed by atoms with Gasteiger partial charge in [0, 0.05) is 5.56 Å². The fourth-order valence-electron chi connectivity index (χ4n) is 2.67. The highest BCUT2D eigenvalue weighted by Crippen LogP contribution is 2.29. The molecule has 0 radical (unpaired) electrons. The summed E-state index contributed by atoms with van der Waals surface area (Å²) in [5, 5.41) is 24.7. The van der Waals surface area contributed by atoms with Crippen molar-refractivity contribution in [3.05, 3.63) is 53.1 Å². The van der Waals surface area contributed by atoms with Gasteiger partial charge in [-0.2, -0.15) is 13.5 Å². The number of phenolic OH excluding ortho intramolecular Hbond substituents is 1. The highest BCUT2D eigenvalue weighted by atomic mass is 32.2. The Labute approximate surface area is 157 Å². The number of hydrogen-bond donors (Lipinski definition) is 2. The molecule has 0 fully saturated rings. The normalized spacial score (nSPS) is 14.9. The Kier molecular flexibility index (Phi) is 5.15. The molecular formula is C18H19N3O5S. The maximum Gasteiger partial charge on any atom is 0.285 e. The van der Waals surface area contributed by atoms with Crippen LogP contribution in [0.15, 0.2) is 50.8 Å². The molecular weight excluding hydrogens is 370 g/mol. The van der Waals surface area contributed by atoms with Crippen LogP contribution in [-0.2, 0) is 10.0 Å². The average molecular weight is 389 g/mol. The third-order valence-electron chi connectivity index (χ3n) is 3.97. The highest BCUT2D eigenvalue weighted by Gasteiger charge is 2.31. The number of aliphatic hydroxyl groups excluding tert-OH is 1. The van der Waals surface area contributed by atoms with Crippen LogP contribution in [0.4, 0.5) is 0 Å². The van der Waals surface area contributed by atoms with Gasteiger partial charge in [-0.05, 0) is 42.8 Å². The highest BCUT2D eigenvalue weighted by molar-refractivity contribution is 7.90. The number of ether oxygens (including phenoxy) is 1. The molecule has 0 spiro atoms. The molecule has 27 heavy (non-hydrogen) atoms. The minimum Gasteiger partial charge on any atom is -0.504 e. The molecule has 0 bridgehead atoms. The standard InChI is InChI=1S/C18H19N3O5S/c1-12-3-6-17-14(9-12)18(20-27(17,24)25)21(7-8-22)19-11-13-4-5-15(23)16(10-13)26-2/h3-6,9-11,22-23H,7-8H2,1-2H3. The van der Waals surface area contributed by atoms with E-state index in [0.717, 1.165) is 5.56 Å². The Morgan fingerprint density at radius 1 is 1.26 bits per heavy atom. The Balaban J connectivity index is 1.99. The van der Waals surface area contributed by atoms with E-state index in [1.165, 1.54) is 30.5 Å². The van der Waals surface area contributed by atoms with Crippen molar-refractivity contribution in [1.82, 2.24) is 5.01 Å². The van der Waals surface area contributed by atoms with Crippen LogP contribution in [0.2, 0.25) is 0 Å². The fraction of sp³-hybridized carbons (Fsp3) is 0.222. The van der Waals surface area contributed by atoms with Crippen molar-refractivity contribution >= 4 is 22.1 Å². The Morgan fingerprint density at radius 2 is 2.04 bits per heavy atom. The summed E-state index contributed by atoms with van der Waals surface area (Å²) in [4.78, 5) is 0.118. The van der Waals surface area contributed by atoms with E-state index in [1.807, 2.05) is 6.92 Å². The summed E-state index contributed by atoms with van der Waals surface area (Å²) in [6.45, 7) is 1.68. The lowest BCUT2D eigenvalue weighted by Crippen LogP contribution is -2.29. The monoisotopic (exact) mass is 389 g/mol. The van der Waals surface area contributed by atoms with Gasteiger partial charge in [-0.15, -0.1) is 4.40 Å². The Bertz CT molecular complexity index is 1030. The summed E-state index contributed by atoms with van der Waals surface area (Å²) in [7, 11) is -2.36. The van der Waals surface area contributed by atoms with E-state index >= 15 is 0 Å². The number of methoxy groups -OCH3 is 1. The van der Waals surface area contributed by atoms with Crippen LogP contribution < -0.4 is 4.74 Å². The van der Waals surface area contributed by atoms with Crippen molar-refractivity contribution < 1.29 is 23.4 Å². The smallest absolute Gasteiger partial charge is 0.285 e. The zero-order valence-electron chi connectivity index (χ0n) is 14.8. The first kappa shape index (κ1) is 18.9. The number of hydrazone groups is 1. The lowest BCUT2D eigenvalue weighted by atomic mass is 10.1. The second-order valence-electron chi connectivity index (χ2n) is 5.91. The number of aromatic hydroxyl groups is 1. The molecule has 142 valence electrons. The van der Waals surface area contributed by atoms with E-state index in [1.54, 1.807) is 24.3 Å². The SMILES string of the molecule is COc1cc(C=NN(CCO)C2=NS(=O)(=O)c3ccc(C)cc32)ccc1O. The number of sulfonamides is 1. The molecule has 2 N–H and O–H groups in total. The first-order valence-electron chi connectivity index (χ1n) is 8.11. The van der Waals surface area contributed by atoms with Gasteiger partial charge in [0.1, 0.15) is 4.90 Å². The predicted octanol–water partition coefficient (Wildman–Crippen LogP) is 1.49. The maximum absolute atomic E-state index is 12.3. The van der Waals surface area contributed by atoms with Crippen LogP contribution >= 0.6 is 0 Å². The van der Waals surface area contributed by atoms with Crippen molar-refractivity contribution in [2.24, 2.45) is 9.50 Å². The Morgan fingerprint density at radius 3 is 2.74 bits per heavy atom. The lowest BCUT2D eigenvalue weighted by molar-refractivity contribution is 0.254. The third kappa shape index (κ3) is 3.79. The molecule has 0 saturated carbocycles. The minimum absolute atomic E-state index is 0.00229. The second kappa shape index (κ2) is 7.37. The molecule has 0 saturated heterocycles. The van der Waals surface area contributed by atoms with E-state index in [9.17, 15) is 18.6 Å². The molecule has 1 aliphatic heterocycles. The van der Waals surface area contributed by atoms with E-state index in [0.29, 0.717) is 11.1 Å². The maximum atomic E-state index is 12.3. The minimum atomic E-state index is -3.80. The van der Waals surface area contributed by atoms with Crippen LogP contribution in [0.25, 0.3) is 0 Å². The summed E-state index contributed by atoms with van der Waals surface area (Å²) < 4.78 is 33.5. The molecule has 8 nitrogen and oxygen atoms in total. The number of amidine groups is 1. The average Bonchev–Trinajstić information content (AvgIpc) is 2.90.